The Labute approximate surface area is 229 Å². The number of carbonyl (C=O) groups excluding carboxylic acids is 1. The molecular formula is C24H21BrCl2NNaO3. The van der Waals surface area contributed by atoms with E-state index >= 15 is 0 Å². The number of nitrogens with zero attached hydrogens (tertiary/aromatic N) is 1. The zero-order valence-corrected chi connectivity index (χ0v) is 22.7. The molecule has 1 aliphatic rings. The van der Waals surface area contributed by atoms with Crippen molar-refractivity contribution in [2.45, 2.75) is 19.3 Å². The molecule has 0 saturated carbocycles. The largest absolute Gasteiger partial charge is 1.00 e. The quantitative estimate of drug-likeness (QED) is 0.344. The number of halogens is 3. The summed E-state index contributed by atoms with van der Waals surface area (Å²) < 4.78 is 13.1. The van der Waals surface area contributed by atoms with Crippen LogP contribution in [0.3, 0.4) is 0 Å². The van der Waals surface area contributed by atoms with Crippen molar-refractivity contribution < 1.29 is 45.3 Å². The topological polar surface area (TPSA) is 38.8 Å². The third-order valence-corrected chi connectivity index (χ3v) is 6.25. The van der Waals surface area contributed by atoms with E-state index in [4.69, 9.17) is 32.7 Å². The van der Waals surface area contributed by atoms with Crippen LogP contribution in [0.2, 0.25) is 10.0 Å². The monoisotopic (exact) mass is 543 g/mol. The second-order valence-electron chi connectivity index (χ2n) is 7.24. The summed E-state index contributed by atoms with van der Waals surface area (Å²) in [5.74, 6) is 1.82. The molecule has 1 aliphatic heterocycles. The van der Waals surface area contributed by atoms with E-state index in [0.29, 0.717) is 46.7 Å². The fourth-order valence-corrected chi connectivity index (χ4v) is 4.07. The molecule has 3 aromatic carbocycles. The first-order chi connectivity index (χ1) is 15.0. The third-order valence-electron chi connectivity index (χ3n) is 5.02. The van der Waals surface area contributed by atoms with E-state index in [1.165, 1.54) is 3.93 Å². The second-order valence-corrected chi connectivity index (χ2v) is 8.94. The van der Waals surface area contributed by atoms with Crippen molar-refractivity contribution in [1.29, 1.82) is 0 Å². The van der Waals surface area contributed by atoms with Crippen molar-refractivity contribution >= 4 is 45.3 Å². The molecule has 0 unspecified atom stereocenters. The van der Waals surface area contributed by atoms with E-state index in [2.05, 4.69) is 16.1 Å². The average Bonchev–Trinajstić information content (AvgIpc) is 2.79. The maximum atomic E-state index is 12.7. The summed E-state index contributed by atoms with van der Waals surface area (Å²) in [6, 6.07) is 18.3. The summed E-state index contributed by atoms with van der Waals surface area (Å²) in [6.45, 7) is 1.23. The number of carbonyl (C=O) groups is 1. The summed E-state index contributed by atoms with van der Waals surface area (Å²) in [6.07, 6.45) is 2.66. The molecule has 0 N–H and O–H groups in total. The predicted molar refractivity (Wildman–Crippen MR) is 128 cm³/mol. The van der Waals surface area contributed by atoms with Crippen LogP contribution in [-0.2, 0) is 12.8 Å². The molecule has 3 aromatic rings. The van der Waals surface area contributed by atoms with Gasteiger partial charge in [-0.3, -0.25) is 8.72 Å². The van der Waals surface area contributed by atoms with Crippen molar-refractivity contribution in [3.05, 3.63) is 87.4 Å². The Morgan fingerprint density at radius 2 is 1.81 bits per heavy atom. The molecule has 8 heteroatoms. The molecule has 0 atom stereocenters. The van der Waals surface area contributed by atoms with Crippen LogP contribution in [0.25, 0.3) is 0 Å². The van der Waals surface area contributed by atoms with Gasteiger partial charge in [0.1, 0.15) is 17.2 Å². The zero-order valence-electron chi connectivity index (χ0n) is 18.6. The van der Waals surface area contributed by atoms with E-state index < -0.39 is 0 Å². The number of amides is 1. The van der Waals surface area contributed by atoms with Gasteiger partial charge >= 0.3 is 29.6 Å². The molecule has 0 fully saturated rings. The molecule has 4 rings (SSSR count). The normalized spacial score (nSPS) is 12.2. The minimum atomic E-state index is -0.124. The number of hydrogen-bond donors (Lipinski definition) is 0. The van der Waals surface area contributed by atoms with Crippen LogP contribution in [0, 0.1) is 0 Å². The van der Waals surface area contributed by atoms with Gasteiger partial charge in [-0.25, -0.2) is 0 Å². The van der Waals surface area contributed by atoms with E-state index in [1.54, 1.807) is 24.3 Å². The van der Waals surface area contributed by atoms with E-state index in [1.807, 2.05) is 36.4 Å². The molecule has 0 saturated heterocycles. The number of aryl methyl sites for hydroxylation is 1. The number of rotatable bonds is 6. The first kappa shape index (κ1) is 25.4. The zero-order chi connectivity index (χ0) is 21.8. The Kier molecular flexibility index (Phi) is 9.35. The van der Waals surface area contributed by atoms with Crippen LogP contribution in [0.4, 0.5) is 0 Å². The van der Waals surface area contributed by atoms with Gasteiger partial charge in [0.05, 0.1) is 27.8 Å². The van der Waals surface area contributed by atoms with Crippen molar-refractivity contribution in [3.63, 3.8) is 0 Å². The Bertz CT molecular complexity index is 1080. The molecule has 0 radical (unpaired) electrons. The summed E-state index contributed by atoms with van der Waals surface area (Å²) >= 11 is 15.6. The molecular weight excluding hydrogens is 524 g/mol. The van der Waals surface area contributed by atoms with Gasteiger partial charge in [-0.2, -0.15) is 0 Å². The minimum Gasteiger partial charge on any atom is -1.00 e. The Hall–Kier alpha value is -1.21. The van der Waals surface area contributed by atoms with Crippen molar-refractivity contribution in [3.8, 4) is 17.2 Å². The van der Waals surface area contributed by atoms with Crippen LogP contribution >= 0.6 is 39.3 Å². The second kappa shape index (κ2) is 11.8. The van der Waals surface area contributed by atoms with Gasteiger partial charge in [0.2, 0.25) is 0 Å². The average molecular weight is 545 g/mol. The fraction of sp³-hybridized carbons (Fsp3) is 0.208. The van der Waals surface area contributed by atoms with Crippen LogP contribution in [0.15, 0.2) is 60.7 Å². The molecule has 1 heterocycles. The smallest absolute Gasteiger partial charge is 1.00 e. The predicted octanol–water partition coefficient (Wildman–Crippen LogP) is 4.22. The maximum Gasteiger partial charge on any atom is 1.00 e. The van der Waals surface area contributed by atoms with Crippen LogP contribution in [0.1, 0.15) is 29.3 Å². The van der Waals surface area contributed by atoms with Crippen molar-refractivity contribution in [1.82, 2.24) is 3.93 Å². The molecule has 0 aromatic heterocycles. The summed E-state index contributed by atoms with van der Waals surface area (Å²) in [5.41, 5.74) is 2.76. The Balaban J connectivity index is 0.00000193. The van der Waals surface area contributed by atoms with Crippen molar-refractivity contribution in [2.75, 3.05) is 13.2 Å². The number of hydrogen-bond acceptors (Lipinski definition) is 3. The Morgan fingerprint density at radius 3 is 2.53 bits per heavy atom. The van der Waals surface area contributed by atoms with Crippen molar-refractivity contribution in [2.24, 2.45) is 0 Å². The summed E-state index contributed by atoms with van der Waals surface area (Å²) in [5, 5.41) is 1.24. The first-order valence-corrected chi connectivity index (χ1v) is 11.4. The van der Waals surface area contributed by atoms with Gasteiger partial charge in [0.15, 0.2) is 0 Å². The third kappa shape index (κ3) is 6.43. The maximum absolute atomic E-state index is 12.7. The van der Waals surface area contributed by atoms with E-state index in [9.17, 15) is 4.79 Å². The molecule has 0 aliphatic carbocycles. The summed E-state index contributed by atoms with van der Waals surface area (Å²) in [7, 11) is 0. The van der Waals surface area contributed by atoms with Gasteiger partial charge < -0.3 is 10.9 Å². The number of ether oxygens (including phenoxy) is 2. The van der Waals surface area contributed by atoms with Crippen LogP contribution in [0.5, 0.6) is 17.2 Å². The van der Waals surface area contributed by atoms with Gasteiger partial charge in [-0.1, -0.05) is 35.3 Å². The van der Waals surface area contributed by atoms with E-state index in [-0.39, 0.29) is 36.9 Å². The number of benzene rings is 3. The Morgan fingerprint density at radius 1 is 1.09 bits per heavy atom. The number of fused-ring (bicyclic) bond motifs is 1. The van der Waals surface area contributed by atoms with Gasteiger partial charge in [-0.15, -0.1) is 0 Å². The molecule has 32 heavy (non-hydrogen) atoms. The fourth-order valence-electron chi connectivity index (χ4n) is 3.34. The first-order valence-electron chi connectivity index (χ1n) is 9.95. The van der Waals surface area contributed by atoms with Gasteiger partial charge in [0, 0.05) is 23.2 Å². The van der Waals surface area contributed by atoms with Crippen LogP contribution < -0.4 is 39.0 Å². The molecule has 162 valence electrons. The molecule has 1 amide bonds. The standard InChI is InChI=1S/C24H20BrCl2NO3.Na.H/c25-28(12-11-16-3-7-19(26)8-4-16)24(29)17-5-9-20(10-6-17)31-23-15-22-18(14-21(23)27)2-1-13-30-22;;/h3-10,14-15H,1-2,11-13H2;;/q;+1;-1. The van der Waals surface area contributed by atoms with E-state index in [0.717, 1.165) is 29.7 Å². The molecule has 0 bridgehead atoms. The molecule has 4 nitrogen and oxygen atoms in total. The van der Waals surface area contributed by atoms with Crippen LogP contribution in [-0.4, -0.2) is 23.0 Å². The summed E-state index contributed by atoms with van der Waals surface area (Å²) in [4.78, 5) is 12.7. The molecule has 0 spiro atoms. The minimum absolute atomic E-state index is 0. The van der Waals surface area contributed by atoms with Gasteiger partial charge in [-0.05, 0) is 72.9 Å². The SMILES string of the molecule is O=C(c1ccc(Oc2cc3c(cc2Cl)CCCO3)cc1)N(Br)CCc1ccc(Cl)cc1.[H-].[Na+]. The van der Waals surface area contributed by atoms with Gasteiger partial charge in [0.25, 0.3) is 5.91 Å².